The predicted molar refractivity (Wildman–Crippen MR) is 86.6 cm³/mol. The zero-order chi connectivity index (χ0) is 16.1. The summed E-state index contributed by atoms with van der Waals surface area (Å²) >= 11 is 3.37. The number of benzene rings is 1. The van der Waals surface area contributed by atoms with E-state index in [-0.39, 0.29) is 18.5 Å². The summed E-state index contributed by atoms with van der Waals surface area (Å²) < 4.78 is 2.13. The van der Waals surface area contributed by atoms with E-state index in [1.165, 1.54) is 12.3 Å². The minimum atomic E-state index is -0.598. The number of aromatic amines is 1. The van der Waals surface area contributed by atoms with Crippen molar-refractivity contribution in [1.82, 2.24) is 14.9 Å². The molecule has 0 unspecified atom stereocenters. The van der Waals surface area contributed by atoms with Crippen LogP contribution in [0.5, 0.6) is 0 Å². The molecule has 1 aromatic carbocycles. The molecule has 1 amide bonds. The quantitative estimate of drug-likeness (QED) is 0.843. The number of aromatic nitrogens is 2. The van der Waals surface area contributed by atoms with Gasteiger partial charge in [0.05, 0.1) is 6.04 Å². The number of hydrogen-bond donors (Lipinski definition) is 2. The number of halogens is 1. The summed E-state index contributed by atoms with van der Waals surface area (Å²) in [4.78, 5) is 36.8. The fourth-order valence-corrected chi connectivity index (χ4v) is 2.34. The third kappa shape index (κ3) is 4.17. The molecule has 2 N–H and O–H groups in total. The maximum absolute atomic E-state index is 12.1. The van der Waals surface area contributed by atoms with Crippen molar-refractivity contribution in [1.29, 1.82) is 0 Å². The zero-order valence-electron chi connectivity index (χ0n) is 12.0. The third-order valence-corrected chi connectivity index (χ3v) is 3.76. The predicted octanol–water partition coefficient (Wildman–Crippen LogP) is 1.57. The highest BCUT2D eigenvalue weighted by Crippen LogP contribution is 2.19. The second kappa shape index (κ2) is 7.22. The molecule has 0 saturated heterocycles. The molecule has 116 valence electrons. The van der Waals surface area contributed by atoms with Gasteiger partial charge in [-0.2, -0.15) is 0 Å². The Morgan fingerprint density at radius 1 is 1.27 bits per heavy atom. The first-order valence-electron chi connectivity index (χ1n) is 6.84. The van der Waals surface area contributed by atoms with Gasteiger partial charge >= 0.3 is 5.69 Å². The first-order valence-corrected chi connectivity index (χ1v) is 7.63. The highest BCUT2D eigenvalue weighted by atomic mass is 79.9. The summed E-state index contributed by atoms with van der Waals surface area (Å²) in [5.74, 6) is -0.288. The lowest BCUT2D eigenvalue weighted by molar-refractivity contribution is -0.122. The highest BCUT2D eigenvalue weighted by molar-refractivity contribution is 9.10. The van der Waals surface area contributed by atoms with Crippen LogP contribution in [0.3, 0.4) is 0 Å². The molecule has 0 bridgehead atoms. The SMILES string of the molecule is CC[C@H](NC(=O)Cn1ccc(=O)[nH]c1=O)c1ccc(Br)cc1. The van der Waals surface area contributed by atoms with Crippen molar-refractivity contribution in [2.75, 3.05) is 0 Å². The molecule has 0 saturated carbocycles. The van der Waals surface area contributed by atoms with Crippen LogP contribution in [-0.2, 0) is 11.3 Å². The molecule has 2 aromatic rings. The lowest BCUT2D eigenvalue weighted by atomic mass is 10.0. The molecule has 0 spiro atoms. The van der Waals surface area contributed by atoms with Gasteiger partial charge in [0.1, 0.15) is 6.54 Å². The zero-order valence-corrected chi connectivity index (χ0v) is 13.6. The van der Waals surface area contributed by atoms with Crippen molar-refractivity contribution in [3.05, 3.63) is 67.4 Å². The Morgan fingerprint density at radius 2 is 1.95 bits per heavy atom. The molecule has 0 aliphatic heterocycles. The minimum Gasteiger partial charge on any atom is -0.348 e. The topological polar surface area (TPSA) is 84.0 Å². The van der Waals surface area contributed by atoms with Crippen LogP contribution in [0.4, 0.5) is 0 Å². The molecule has 7 heteroatoms. The number of amides is 1. The third-order valence-electron chi connectivity index (χ3n) is 3.23. The average Bonchev–Trinajstić information content (AvgIpc) is 2.49. The van der Waals surface area contributed by atoms with E-state index in [0.29, 0.717) is 0 Å². The van der Waals surface area contributed by atoms with Crippen LogP contribution in [-0.4, -0.2) is 15.5 Å². The molecule has 0 aliphatic rings. The number of nitrogens with zero attached hydrogens (tertiary/aromatic N) is 1. The van der Waals surface area contributed by atoms with Crippen molar-refractivity contribution in [2.45, 2.75) is 25.9 Å². The van der Waals surface area contributed by atoms with E-state index in [1.807, 2.05) is 31.2 Å². The van der Waals surface area contributed by atoms with Crippen molar-refractivity contribution in [3.8, 4) is 0 Å². The van der Waals surface area contributed by atoms with Crippen LogP contribution >= 0.6 is 15.9 Å². The summed E-state index contributed by atoms with van der Waals surface area (Å²) in [5.41, 5.74) is -0.0878. The van der Waals surface area contributed by atoms with E-state index in [0.717, 1.165) is 21.0 Å². The Bertz CT molecular complexity index is 765. The number of H-pyrrole nitrogens is 1. The van der Waals surface area contributed by atoms with Crippen LogP contribution < -0.4 is 16.6 Å². The van der Waals surface area contributed by atoms with Crippen molar-refractivity contribution in [3.63, 3.8) is 0 Å². The Labute approximate surface area is 135 Å². The number of nitrogens with one attached hydrogen (secondary N) is 2. The summed E-state index contributed by atoms with van der Waals surface area (Å²) in [6.45, 7) is 1.84. The number of rotatable bonds is 5. The molecule has 0 radical (unpaired) electrons. The van der Waals surface area contributed by atoms with Gasteiger partial charge in [-0.15, -0.1) is 0 Å². The molecular formula is C15H16BrN3O3. The van der Waals surface area contributed by atoms with Crippen molar-refractivity contribution in [2.24, 2.45) is 0 Å². The summed E-state index contributed by atoms with van der Waals surface area (Å²) in [7, 11) is 0. The molecule has 22 heavy (non-hydrogen) atoms. The fourth-order valence-electron chi connectivity index (χ4n) is 2.08. The second-order valence-corrected chi connectivity index (χ2v) is 5.73. The number of carbonyl (C=O) groups is 1. The van der Waals surface area contributed by atoms with E-state index in [9.17, 15) is 14.4 Å². The molecular weight excluding hydrogens is 350 g/mol. The van der Waals surface area contributed by atoms with Crippen LogP contribution in [0, 0.1) is 0 Å². The monoisotopic (exact) mass is 365 g/mol. The maximum atomic E-state index is 12.1. The second-order valence-electron chi connectivity index (χ2n) is 4.82. The summed E-state index contributed by atoms with van der Waals surface area (Å²) in [6, 6.07) is 8.78. The van der Waals surface area contributed by atoms with Gasteiger partial charge < -0.3 is 5.32 Å². The van der Waals surface area contributed by atoms with Gasteiger partial charge in [-0.05, 0) is 24.1 Å². The molecule has 0 aliphatic carbocycles. The Hall–Kier alpha value is -2.15. The van der Waals surface area contributed by atoms with Crippen LogP contribution in [0.2, 0.25) is 0 Å². The molecule has 1 atom stereocenters. The lowest BCUT2D eigenvalue weighted by Crippen LogP contribution is -2.36. The molecule has 2 rings (SSSR count). The van der Waals surface area contributed by atoms with Crippen LogP contribution in [0.25, 0.3) is 0 Å². The normalized spacial score (nSPS) is 11.9. The lowest BCUT2D eigenvalue weighted by Gasteiger charge is -2.18. The van der Waals surface area contributed by atoms with Crippen LogP contribution in [0.1, 0.15) is 24.9 Å². The van der Waals surface area contributed by atoms with E-state index >= 15 is 0 Å². The molecule has 6 nitrogen and oxygen atoms in total. The van der Waals surface area contributed by atoms with Gasteiger partial charge in [0.15, 0.2) is 0 Å². The standard InChI is InChI=1S/C15H16BrN3O3/c1-2-12(10-3-5-11(16)6-4-10)17-14(21)9-19-8-7-13(20)18-15(19)22/h3-8,12H,2,9H2,1H3,(H,17,21)(H,18,20,22)/t12-/m0/s1. The average molecular weight is 366 g/mol. The first-order chi connectivity index (χ1) is 10.5. The number of carbonyl (C=O) groups excluding carboxylic acids is 1. The smallest absolute Gasteiger partial charge is 0.328 e. The number of hydrogen-bond acceptors (Lipinski definition) is 3. The Kier molecular flexibility index (Phi) is 5.32. The van der Waals surface area contributed by atoms with Crippen molar-refractivity contribution < 1.29 is 4.79 Å². The molecule has 0 fully saturated rings. The van der Waals surface area contributed by atoms with Gasteiger partial charge in [-0.25, -0.2) is 4.79 Å². The summed E-state index contributed by atoms with van der Waals surface area (Å²) in [6.07, 6.45) is 2.04. The summed E-state index contributed by atoms with van der Waals surface area (Å²) in [5, 5.41) is 2.89. The minimum absolute atomic E-state index is 0.126. The van der Waals surface area contributed by atoms with Gasteiger partial charge in [0.25, 0.3) is 5.56 Å². The van der Waals surface area contributed by atoms with E-state index in [1.54, 1.807) is 0 Å². The first kappa shape index (κ1) is 16.2. The molecule has 1 aromatic heterocycles. The highest BCUT2D eigenvalue weighted by Gasteiger charge is 2.13. The van der Waals surface area contributed by atoms with Gasteiger partial charge in [-0.1, -0.05) is 35.0 Å². The largest absolute Gasteiger partial charge is 0.348 e. The van der Waals surface area contributed by atoms with Crippen molar-refractivity contribution >= 4 is 21.8 Å². The Balaban J connectivity index is 2.07. The fraction of sp³-hybridized carbons (Fsp3) is 0.267. The van der Waals surface area contributed by atoms with E-state index in [4.69, 9.17) is 0 Å². The van der Waals surface area contributed by atoms with E-state index in [2.05, 4.69) is 26.2 Å². The van der Waals surface area contributed by atoms with Gasteiger partial charge in [-0.3, -0.25) is 19.1 Å². The molecule has 1 heterocycles. The van der Waals surface area contributed by atoms with E-state index < -0.39 is 11.2 Å². The maximum Gasteiger partial charge on any atom is 0.328 e. The van der Waals surface area contributed by atoms with Gasteiger partial charge in [0.2, 0.25) is 5.91 Å². The van der Waals surface area contributed by atoms with Crippen LogP contribution in [0.15, 0.2) is 50.6 Å². The van der Waals surface area contributed by atoms with Gasteiger partial charge in [0, 0.05) is 16.7 Å². The Morgan fingerprint density at radius 3 is 2.55 bits per heavy atom.